The van der Waals surface area contributed by atoms with Gasteiger partial charge in [0, 0.05) is 57.2 Å². The average Bonchev–Trinajstić information content (AvgIpc) is 2.89. The maximum atomic E-state index is 12.6. The fourth-order valence-corrected chi connectivity index (χ4v) is 3.72. The van der Waals surface area contributed by atoms with Crippen molar-refractivity contribution in [2.75, 3.05) is 51.3 Å². The van der Waals surface area contributed by atoms with Crippen LogP contribution in [0.3, 0.4) is 0 Å². The number of hydrogen-bond donors (Lipinski definition) is 1. The summed E-state index contributed by atoms with van der Waals surface area (Å²) in [6.07, 6.45) is 3.53. The number of methoxy groups -OCH3 is 1. The highest BCUT2D eigenvalue weighted by Crippen LogP contribution is 2.28. The molecular formula is C25H29N5O3. The van der Waals surface area contributed by atoms with Gasteiger partial charge in [-0.25, -0.2) is 9.97 Å². The number of hydrogen-bond acceptors (Lipinski definition) is 7. The molecule has 1 aliphatic heterocycles. The minimum Gasteiger partial charge on any atom is -0.493 e. The third kappa shape index (κ3) is 6.20. The Hall–Kier alpha value is -3.65. The van der Waals surface area contributed by atoms with Crippen molar-refractivity contribution in [3.8, 4) is 11.5 Å². The molecule has 0 atom stereocenters. The molecule has 0 aliphatic carbocycles. The van der Waals surface area contributed by atoms with Crippen LogP contribution in [-0.2, 0) is 6.61 Å². The second-order valence-electron chi connectivity index (χ2n) is 7.77. The van der Waals surface area contributed by atoms with Crippen LogP contribution in [0.1, 0.15) is 15.9 Å². The van der Waals surface area contributed by atoms with E-state index in [-0.39, 0.29) is 5.91 Å². The summed E-state index contributed by atoms with van der Waals surface area (Å²) in [7, 11) is 1.58. The lowest BCUT2D eigenvalue weighted by Gasteiger charge is -2.34. The first-order valence-electron chi connectivity index (χ1n) is 11.1. The Balaban J connectivity index is 1.23. The molecule has 33 heavy (non-hydrogen) atoms. The van der Waals surface area contributed by atoms with Gasteiger partial charge in [0.2, 0.25) is 5.95 Å². The third-order valence-corrected chi connectivity index (χ3v) is 5.58. The smallest absolute Gasteiger partial charge is 0.251 e. The Bertz CT molecular complexity index is 1020. The van der Waals surface area contributed by atoms with Crippen molar-refractivity contribution in [3.05, 3.63) is 78.1 Å². The summed E-state index contributed by atoms with van der Waals surface area (Å²) in [4.78, 5) is 25.8. The predicted octanol–water partition coefficient (Wildman–Crippen LogP) is 2.62. The lowest BCUT2D eigenvalue weighted by atomic mass is 10.2. The van der Waals surface area contributed by atoms with E-state index < -0.39 is 0 Å². The van der Waals surface area contributed by atoms with E-state index in [0.717, 1.165) is 44.2 Å². The summed E-state index contributed by atoms with van der Waals surface area (Å²) in [6.45, 7) is 5.39. The molecule has 1 N–H and O–H groups in total. The minimum atomic E-state index is -0.126. The molecule has 0 bridgehead atoms. The number of nitrogens with one attached hydrogen (secondary N) is 1. The molecule has 172 valence electrons. The number of benzene rings is 2. The zero-order chi connectivity index (χ0) is 22.9. The maximum absolute atomic E-state index is 12.6. The molecule has 8 heteroatoms. The lowest BCUT2D eigenvalue weighted by Crippen LogP contribution is -2.49. The number of piperazine rings is 1. The van der Waals surface area contributed by atoms with Crippen molar-refractivity contribution in [1.29, 1.82) is 0 Å². The molecule has 2 aromatic carbocycles. The number of nitrogens with zero attached hydrogens (tertiary/aromatic N) is 4. The van der Waals surface area contributed by atoms with Crippen LogP contribution in [0.2, 0.25) is 0 Å². The number of carbonyl (C=O) groups is 1. The summed E-state index contributed by atoms with van der Waals surface area (Å²) in [5.74, 6) is 1.80. The van der Waals surface area contributed by atoms with E-state index in [2.05, 4.69) is 25.1 Å². The third-order valence-electron chi connectivity index (χ3n) is 5.58. The van der Waals surface area contributed by atoms with Crippen molar-refractivity contribution in [1.82, 2.24) is 20.2 Å². The largest absolute Gasteiger partial charge is 0.493 e. The Morgan fingerprint density at radius 2 is 1.73 bits per heavy atom. The van der Waals surface area contributed by atoms with Gasteiger partial charge in [0.05, 0.1) is 7.11 Å². The molecule has 1 saturated heterocycles. The monoisotopic (exact) mass is 447 g/mol. The van der Waals surface area contributed by atoms with Crippen molar-refractivity contribution in [2.24, 2.45) is 0 Å². The Morgan fingerprint density at radius 1 is 0.970 bits per heavy atom. The van der Waals surface area contributed by atoms with E-state index in [9.17, 15) is 4.79 Å². The molecule has 0 saturated carbocycles. The van der Waals surface area contributed by atoms with E-state index >= 15 is 0 Å². The van der Waals surface area contributed by atoms with Crippen LogP contribution in [-0.4, -0.2) is 67.2 Å². The van der Waals surface area contributed by atoms with Gasteiger partial charge >= 0.3 is 0 Å². The topological polar surface area (TPSA) is 79.8 Å². The quantitative estimate of drug-likeness (QED) is 0.540. The number of ether oxygens (including phenoxy) is 2. The van der Waals surface area contributed by atoms with Crippen molar-refractivity contribution in [2.45, 2.75) is 6.61 Å². The molecule has 8 nitrogen and oxygen atoms in total. The molecule has 1 aromatic heterocycles. The number of carbonyl (C=O) groups excluding carboxylic acids is 1. The number of rotatable bonds is 9. The van der Waals surface area contributed by atoms with Gasteiger partial charge in [0.25, 0.3) is 5.91 Å². The SMILES string of the molecule is COc1cc(C(=O)NCCN2CCN(c3ncccn3)CC2)ccc1OCc1ccccc1. The van der Waals surface area contributed by atoms with Crippen molar-refractivity contribution < 1.29 is 14.3 Å². The molecule has 1 amide bonds. The van der Waals surface area contributed by atoms with Gasteiger partial charge < -0.3 is 19.7 Å². The van der Waals surface area contributed by atoms with E-state index in [1.807, 2.05) is 36.4 Å². The van der Waals surface area contributed by atoms with E-state index in [4.69, 9.17) is 9.47 Å². The second-order valence-corrected chi connectivity index (χ2v) is 7.77. The molecule has 0 unspecified atom stereocenters. The fourth-order valence-electron chi connectivity index (χ4n) is 3.72. The zero-order valence-electron chi connectivity index (χ0n) is 18.8. The van der Waals surface area contributed by atoms with Crippen LogP contribution < -0.4 is 19.7 Å². The lowest BCUT2D eigenvalue weighted by molar-refractivity contribution is 0.0947. The van der Waals surface area contributed by atoms with Gasteiger partial charge in [-0.3, -0.25) is 9.69 Å². The molecule has 1 fully saturated rings. The minimum absolute atomic E-state index is 0.126. The van der Waals surface area contributed by atoms with Crippen LogP contribution >= 0.6 is 0 Å². The van der Waals surface area contributed by atoms with Gasteiger partial charge in [-0.2, -0.15) is 0 Å². The number of amides is 1. The van der Waals surface area contributed by atoms with E-state index in [1.54, 1.807) is 37.7 Å². The molecule has 0 radical (unpaired) electrons. The summed E-state index contributed by atoms with van der Waals surface area (Å²) in [5.41, 5.74) is 1.61. The molecule has 3 aromatic rings. The Labute approximate surface area is 194 Å². The number of anilines is 1. The normalized spacial score (nSPS) is 14.0. The molecule has 4 rings (SSSR count). The van der Waals surface area contributed by atoms with E-state index in [0.29, 0.717) is 30.2 Å². The first-order chi connectivity index (χ1) is 16.2. The molecule has 2 heterocycles. The molecule has 0 spiro atoms. The predicted molar refractivity (Wildman–Crippen MR) is 127 cm³/mol. The van der Waals surface area contributed by atoms with Crippen LogP contribution in [0.4, 0.5) is 5.95 Å². The average molecular weight is 448 g/mol. The van der Waals surface area contributed by atoms with Crippen LogP contribution in [0.15, 0.2) is 67.0 Å². The first-order valence-corrected chi connectivity index (χ1v) is 11.1. The highest BCUT2D eigenvalue weighted by Gasteiger charge is 2.18. The van der Waals surface area contributed by atoms with Gasteiger partial charge in [-0.15, -0.1) is 0 Å². The highest BCUT2D eigenvalue weighted by molar-refractivity contribution is 5.94. The zero-order valence-corrected chi connectivity index (χ0v) is 18.8. The Morgan fingerprint density at radius 3 is 2.45 bits per heavy atom. The summed E-state index contributed by atoms with van der Waals surface area (Å²) in [6, 6.07) is 17.0. The first kappa shape index (κ1) is 22.5. The van der Waals surface area contributed by atoms with E-state index in [1.165, 1.54) is 0 Å². The standard InChI is InChI=1S/C25H29N5O3/c1-32-23-18-21(8-9-22(23)33-19-20-6-3-2-4-7-20)24(31)26-12-13-29-14-16-30(17-15-29)25-27-10-5-11-28-25/h2-11,18H,12-17,19H2,1H3,(H,26,31). The summed E-state index contributed by atoms with van der Waals surface area (Å²) >= 11 is 0. The molecule has 1 aliphatic rings. The van der Waals surface area contributed by atoms with Crippen LogP contribution in [0.25, 0.3) is 0 Å². The van der Waals surface area contributed by atoms with Crippen LogP contribution in [0.5, 0.6) is 11.5 Å². The fraction of sp³-hybridized carbons (Fsp3) is 0.320. The second kappa shape index (κ2) is 11.3. The highest BCUT2D eigenvalue weighted by atomic mass is 16.5. The van der Waals surface area contributed by atoms with Gasteiger partial charge in [-0.1, -0.05) is 30.3 Å². The summed E-state index contributed by atoms with van der Waals surface area (Å²) in [5, 5.41) is 3.00. The van der Waals surface area contributed by atoms with Gasteiger partial charge in [0.1, 0.15) is 6.61 Å². The van der Waals surface area contributed by atoms with Crippen molar-refractivity contribution >= 4 is 11.9 Å². The van der Waals surface area contributed by atoms with Gasteiger partial charge in [-0.05, 0) is 29.8 Å². The maximum Gasteiger partial charge on any atom is 0.251 e. The van der Waals surface area contributed by atoms with Crippen LogP contribution in [0, 0.1) is 0 Å². The molecular weight excluding hydrogens is 418 g/mol. The van der Waals surface area contributed by atoms with Gasteiger partial charge in [0.15, 0.2) is 11.5 Å². The Kier molecular flexibility index (Phi) is 7.71. The number of aromatic nitrogens is 2. The van der Waals surface area contributed by atoms with Crippen molar-refractivity contribution in [3.63, 3.8) is 0 Å². The summed E-state index contributed by atoms with van der Waals surface area (Å²) < 4.78 is 11.3.